The predicted octanol–water partition coefficient (Wildman–Crippen LogP) is 1.02. The van der Waals surface area contributed by atoms with Crippen molar-refractivity contribution < 1.29 is 14.3 Å². The van der Waals surface area contributed by atoms with Crippen LogP contribution in [0.3, 0.4) is 0 Å². The highest BCUT2D eigenvalue weighted by Gasteiger charge is 2.42. The Labute approximate surface area is 142 Å². The molecule has 2 amide bonds. The minimum Gasteiger partial charge on any atom is -0.362 e. The Hall–Kier alpha value is -1.89. The van der Waals surface area contributed by atoms with Crippen LogP contribution in [-0.4, -0.2) is 57.8 Å². The van der Waals surface area contributed by atoms with E-state index in [2.05, 4.69) is 10.4 Å². The number of aryl methyl sites for hydroxylation is 2. The molecule has 3 rings (SSSR count). The molecule has 1 aromatic heterocycles. The molecule has 7 heteroatoms. The molecule has 0 spiro atoms. The van der Waals surface area contributed by atoms with E-state index in [1.54, 1.807) is 29.7 Å². The van der Waals surface area contributed by atoms with Gasteiger partial charge in [0.05, 0.1) is 24.4 Å². The molecule has 1 aliphatic carbocycles. The van der Waals surface area contributed by atoms with Crippen molar-refractivity contribution in [3.05, 3.63) is 17.5 Å². The highest BCUT2D eigenvalue weighted by molar-refractivity contribution is 5.96. The molecule has 0 unspecified atom stereocenters. The maximum Gasteiger partial charge on any atom is 0.257 e. The fourth-order valence-electron chi connectivity index (χ4n) is 3.57. The molecule has 1 atom stereocenters. The van der Waals surface area contributed by atoms with Crippen LogP contribution in [0.5, 0.6) is 0 Å². The first kappa shape index (κ1) is 17.0. The van der Waals surface area contributed by atoms with Gasteiger partial charge in [0.15, 0.2) is 5.60 Å². The summed E-state index contributed by atoms with van der Waals surface area (Å²) in [4.78, 5) is 27.1. The molecule has 0 aromatic carbocycles. The lowest BCUT2D eigenvalue weighted by Gasteiger charge is -2.39. The maximum atomic E-state index is 12.8. The number of hydrogen-bond acceptors (Lipinski definition) is 4. The predicted molar refractivity (Wildman–Crippen MR) is 88.6 cm³/mol. The molecular formula is C17H26N4O3. The Morgan fingerprint density at radius 1 is 1.38 bits per heavy atom. The summed E-state index contributed by atoms with van der Waals surface area (Å²) in [6, 6.07) is 0.240. The van der Waals surface area contributed by atoms with Crippen LogP contribution in [0.25, 0.3) is 0 Å². The number of aromatic nitrogens is 2. The molecule has 1 aromatic rings. The Kier molecular flexibility index (Phi) is 4.62. The number of ether oxygens (including phenoxy) is 1. The van der Waals surface area contributed by atoms with Gasteiger partial charge < -0.3 is 15.0 Å². The zero-order valence-electron chi connectivity index (χ0n) is 14.7. The highest BCUT2D eigenvalue weighted by Crippen LogP contribution is 2.23. The number of morpholine rings is 1. The molecule has 1 N–H and O–H groups in total. The first-order chi connectivity index (χ1) is 11.4. The summed E-state index contributed by atoms with van der Waals surface area (Å²) < 4.78 is 7.40. The van der Waals surface area contributed by atoms with Gasteiger partial charge in [-0.1, -0.05) is 12.8 Å². The number of nitrogens with one attached hydrogen (secondary N) is 1. The lowest BCUT2D eigenvalue weighted by atomic mass is 10.0. The first-order valence-electron chi connectivity index (χ1n) is 8.63. The SMILES string of the molecule is Cc1nn(C)cc1C(=O)N1CCO[C@@](C)(C(=O)NC2CCCC2)C1. The van der Waals surface area contributed by atoms with E-state index < -0.39 is 5.60 Å². The molecule has 7 nitrogen and oxygen atoms in total. The fraction of sp³-hybridized carbons (Fsp3) is 0.706. The molecule has 24 heavy (non-hydrogen) atoms. The van der Waals surface area contributed by atoms with Crippen LogP contribution in [0.15, 0.2) is 6.20 Å². The second-order valence-corrected chi connectivity index (χ2v) is 7.06. The Morgan fingerprint density at radius 3 is 2.71 bits per heavy atom. The van der Waals surface area contributed by atoms with E-state index in [9.17, 15) is 9.59 Å². The van der Waals surface area contributed by atoms with Crippen molar-refractivity contribution in [3.8, 4) is 0 Å². The molecule has 2 aliphatic rings. The van der Waals surface area contributed by atoms with E-state index in [4.69, 9.17) is 4.74 Å². The van der Waals surface area contributed by atoms with Crippen molar-refractivity contribution in [1.29, 1.82) is 0 Å². The number of amides is 2. The van der Waals surface area contributed by atoms with E-state index in [0.717, 1.165) is 25.7 Å². The van der Waals surface area contributed by atoms with Crippen molar-refractivity contribution in [2.75, 3.05) is 19.7 Å². The van der Waals surface area contributed by atoms with Crippen molar-refractivity contribution >= 4 is 11.8 Å². The van der Waals surface area contributed by atoms with Crippen LogP contribution < -0.4 is 5.32 Å². The molecular weight excluding hydrogens is 308 g/mol. The highest BCUT2D eigenvalue weighted by atomic mass is 16.5. The van der Waals surface area contributed by atoms with Crippen LogP contribution in [0.1, 0.15) is 48.7 Å². The van der Waals surface area contributed by atoms with E-state index >= 15 is 0 Å². The molecule has 2 fully saturated rings. The third-order valence-electron chi connectivity index (χ3n) is 4.98. The van der Waals surface area contributed by atoms with Crippen molar-refractivity contribution in [3.63, 3.8) is 0 Å². The maximum absolute atomic E-state index is 12.8. The summed E-state index contributed by atoms with van der Waals surface area (Å²) in [5, 5.41) is 7.31. The second kappa shape index (κ2) is 6.55. The van der Waals surface area contributed by atoms with E-state index in [0.29, 0.717) is 24.4 Å². The summed E-state index contributed by atoms with van der Waals surface area (Å²) in [5.74, 6) is -0.210. The number of nitrogens with zero attached hydrogens (tertiary/aromatic N) is 3. The van der Waals surface area contributed by atoms with Gasteiger partial charge in [0.2, 0.25) is 0 Å². The summed E-state index contributed by atoms with van der Waals surface area (Å²) in [7, 11) is 1.79. The van der Waals surface area contributed by atoms with Gasteiger partial charge in [-0.15, -0.1) is 0 Å². The number of rotatable bonds is 3. The van der Waals surface area contributed by atoms with Gasteiger partial charge >= 0.3 is 0 Å². The first-order valence-corrected chi connectivity index (χ1v) is 8.63. The average Bonchev–Trinajstić information content (AvgIpc) is 3.16. The molecule has 1 saturated heterocycles. The topological polar surface area (TPSA) is 76.5 Å². The number of carbonyl (C=O) groups excluding carboxylic acids is 2. The third kappa shape index (κ3) is 3.31. The Morgan fingerprint density at radius 2 is 2.08 bits per heavy atom. The molecule has 2 heterocycles. The van der Waals surface area contributed by atoms with Crippen molar-refractivity contribution in [1.82, 2.24) is 20.0 Å². The largest absolute Gasteiger partial charge is 0.362 e. The summed E-state index contributed by atoms with van der Waals surface area (Å²) in [6.07, 6.45) is 6.10. The van der Waals surface area contributed by atoms with Crippen LogP contribution in [0, 0.1) is 6.92 Å². The van der Waals surface area contributed by atoms with Gasteiger partial charge in [0, 0.05) is 25.8 Å². The van der Waals surface area contributed by atoms with Gasteiger partial charge in [-0.05, 0) is 26.7 Å². The quantitative estimate of drug-likeness (QED) is 0.895. The lowest BCUT2D eigenvalue weighted by molar-refractivity contribution is -0.154. The Bertz CT molecular complexity index is 636. The molecule has 1 saturated carbocycles. The summed E-state index contributed by atoms with van der Waals surface area (Å²) in [5.41, 5.74) is 0.288. The Balaban J connectivity index is 1.69. The van der Waals surface area contributed by atoms with Gasteiger partial charge in [-0.3, -0.25) is 14.3 Å². The van der Waals surface area contributed by atoms with Crippen molar-refractivity contribution in [2.24, 2.45) is 7.05 Å². The summed E-state index contributed by atoms with van der Waals surface area (Å²) in [6.45, 7) is 4.70. The minimum atomic E-state index is -0.993. The van der Waals surface area contributed by atoms with Crippen LogP contribution in [0.2, 0.25) is 0 Å². The van der Waals surface area contributed by atoms with Gasteiger partial charge in [0.1, 0.15) is 0 Å². The van der Waals surface area contributed by atoms with E-state index in [1.165, 1.54) is 0 Å². The second-order valence-electron chi connectivity index (χ2n) is 7.06. The van der Waals surface area contributed by atoms with Crippen LogP contribution >= 0.6 is 0 Å². The fourth-order valence-corrected chi connectivity index (χ4v) is 3.57. The zero-order valence-corrected chi connectivity index (χ0v) is 14.7. The van der Waals surface area contributed by atoms with Gasteiger partial charge in [-0.2, -0.15) is 5.10 Å². The molecule has 0 radical (unpaired) electrons. The molecule has 132 valence electrons. The normalized spacial score (nSPS) is 25.0. The smallest absolute Gasteiger partial charge is 0.257 e. The lowest BCUT2D eigenvalue weighted by Crippen LogP contribution is -2.60. The average molecular weight is 334 g/mol. The van der Waals surface area contributed by atoms with Gasteiger partial charge in [0.25, 0.3) is 11.8 Å². The standard InChI is InChI=1S/C17H26N4O3/c1-12-14(10-20(3)19-12)15(22)21-8-9-24-17(2,11-21)16(23)18-13-6-4-5-7-13/h10,13H,4-9,11H2,1-3H3,(H,18,23)/t17-/m1/s1. The third-order valence-corrected chi connectivity index (χ3v) is 4.98. The minimum absolute atomic E-state index is 0.0937. The monoisotopic (exact) mass is 334 g/mol. The summed E-state index contributed by atoms with van der Waals surface area (Å²) >= 11 is 0. The van der Waals surface area contributed by atoms with E-state index in [-0.39, 0.29) is 24.4 Å². The number of hydrogen-bond donors (Lipinski definition) is 1. The van der Waals surface area contributed by atoms with Gasteiger partial charge in [-0.25, -0.2) is 0 Å². The van der Waals surface area contributed by atoms with Crippen LogP contribution in [0.4, 0.5) is 0 Å². The molecule has 1 aliphatic heterocycles. The van der Waals surface area contributed by atoms with E-state index in [1.807, 2.05) is 6.92 Å². The molecule has 0 bridgehead atoms. The van der Waals surface area contributed by atoms with Crippen LogP contribution in [-0.2, 0) is 16.6 Å². The number of carbonyl (C=O) groups is 2. The van der Waals surface area contributed by atoms with Crippen molar-refractivity contribution in [2.45, 2.75) is 51.2 Å². The zero-order chi connectivity index (χ0) is 17.3.